The molecule has 1 aliphatic carbocycles. The summed E-state index contributed by atoms with van der Waals surface area (Å²) >= 11 is 0. The van der Waals surface area contributed by atoms with Gasteiger partial charge in [0.25, 0.3) is 0 Å². The molecule has 0 saturated heterocycles. The molecule has 0 spiro atoms. The minimum Gasteiger partial charge on any atom is -0.504 e. The van der Waals surface area contributed by atoms with Crippen molar-refractivity contribution >= 4 is 12.1 Å². The van der Waals surface area contributed by atoms with Crippen molar-refractivity contribution in [3.63, 3.8) is 0 Å². The molecule has 0 aliphatic heterocycles. The highest BCUT2D eigenvalue weighted by Gasteiger charge is 2.20. The van der Waals surface area contributed by atoms with Gasteiger partial charge in [-0.25, -0.2) is 5.43 Å². The van der Waals surface area contributed by atoms with Crippen LogP contribution in [0.5, 0.6) is 11.5 Å². The average molecular weight is 276 g/mol. The number of methoxy groups -OCH3 is 1. The number of ether oxygens (including phenoxy) is 1. The van der Waals surface area contributed by atoms with Gasteiger partial charge in [0.2, 0.25) is 5.91 Å². The summed E-state index contributed by atoms with van der Waals surface area (Å²) in [5.41, 5.74) is 3.33. The van der Waals surface area contributed by atoms with E-state index < -0.39 is 0 Å². The maximum Gasteiger partial charge on any atom is 0.243 e. The molecule has 1 aromatic rings. The van der Waals surface area contributed by atoms with Crippen LogP contribution in [0.25, 0.3) is 0 Å². The number of benzene rings is 1. The number of carbonyl (C=O) groups is 1. The van der Waals surface area contributed by atoms with Crippen LogP contribution in [0.15, 0.2) is 23.3 Å². The normalized spacial score (nSPS) is 16.2. The van der Waals surface area contributed by atoms with Crippen molar-refractivity contribution in [2.45, 2.75) is 32.1 Å². The van der Waals surface area contributed by atoms with Crippen LogP contribution in [0.2, 0.25) is 0 Å². The van der Waals surface area contributed by atoms with Crippen LogP contribution in [0, 0.1) is 5.92 Å². The quantitative estimate of drug-likeness (QED) is 0.655. The van der Waals surface area contributed by atoms with Gasteiger partial charge in [-0.05, 0) is 36.6 Å². The third kappa shape index (κ3) is 3.73. The van der Waals surface area contributed by atoms with Gasteiger partial charge in [0.15, 0.2) is 11.5 Å². The maximum atomic E-state index is 11.9. The fourth-order valence-electron chi connectivity index (χ4n) is 2.40. The molecule has 0 unspecified atom stereocenters. The highest BCUT2D eigenvalue weighted by Crippen LogP contribution is 2.25. The van der Waals surface area contributed by atoms with Gasteiger partial charge in [0, 0.05) is 5.92 Å². The molecule has 0 radical (unpaired) electrons. The predicted molar refractivity (Wildman–Crippen MR) is 77.0 cm³/mol. The summed E-state index contributed by atoms with van der Waals surface area (Å²) in [4.78, 5) is 11.9. The van der Waals surface area contributed by atoms with Crippen LogP contribution in [0.3, 0.4) is 0 Å². The molecule has 0 bridgehead atoms. The smallest absolute Gasteiger partial charge is 0.243 e. The van der Waals surface area contributed by atoms with E-state index in [-0.39, 0.29) is 17.6 Å². The first-order chi connectivity index (χ1) is 9.70. The lowest BCUT2D eigenvalue weighted by Crippen LogP contribution is -2.28. The van der Waals surface area contributed by atoms with Crippen LogP contribution in [-0.4, -0.2) is 24.3 Å². The van der Waals surface area contributed by atoms with E-state index in [1.807, 2.05) is 0 Å². The zero-order chi connectivity index (χ0) is 14.4. The Hall–Kier alpha value is -2.04. The summed E-state index contributed by atoms with van der Waals surface area (Å²) < 4.78 is 5.01. The highest BCUT2D eigenvalue weighted by atomic mass is 16.5. The number of hydrogen-bond acceptors (Lipinski definition) is 4. The van der Waals surface area contributed by atoms with Crippen LogP contribution in [0.1, 0.15) is 37.7 Å². The van der Waals surface area contributed by atoms with Crippen LogP contribution in [0.4, 0.5) is 0 Å². The molecule has 0 heterocycles. The van der Waals surface area contributed by atoms with Gasteiger partial charge in [-0.2, -0.15) is 5.10 Å². The second kappa shape index (κ2) is 6.93. The van der Waals surface area contributed by atoms with Gasteiger partial charge in [-0.15, -0.1) is 0 Å². The Labute approximate surface area is 118 Å². The largest absolute Gasteiger partial charge is 0.504 e. The Balaban J connectivity index is 1.90. The summed E-state index contributed by atoms with van der Waals surface area (Å²) in [6.45, 7) is 0. The van der Waals surface area contributed by atoms with E-state index in [9.17, 15) is 9.90 Å². The molecule has 5 nitrogen and oxygen atoms in total. The molecule has 2 rings (SSSR count). The molecular formula is C15H20N2O3. The first kappa shape index (κ1) is 14.4. The van der Waals surface area contributed by atoms with Crippen LogP contribution < -0.4 is 10.2 Å². The molecule has 1 saturated carbocycles. The molecule has 5 heteroatoms. The Bertz CT molecular complexity index is 494. The van der Waals surface area contributed by atoms with E-state index in [0.29, 0.717) is 5.75 Å². The zero-order valence-corrected chi connectivity index (χ0v) is 11.6. The summed E-state index contributed by atoms with van der Waals surface area (Å²) in [6.07, 6.45) is 6.92. The third-order valence-corrected chi connectivity index (χ3v) is 3.57. The summed E-state index contributed by atoms with van der Waals surface area (Å²) in [5, 5.41) is 13.4. The first-order valence-corrected chi connectivity index (χ1v) is 6.90. The lowest BCUT2D eigenvalue weighted by molar-refractivity contribution is -0.125. The lowest BCUT2D eigenvalue weighted by atomic mass is 9.89. The molecule has 0 atom stereocenters. The van der Waals surface area contributed by atoms with Gasteiger partial charge in [-0.1, -0.05) is 19.3 Å². The number of amides is 1. The molecule has 0 aromatic heterocycles. The van der Waals surface area contributed by atoms with Gasteiger partial charge in [0.05, 0.1) is 13.3 Å². The van der Waals surface area contributed by atoms with Crippen molar-refractivity contribution in [3.8, 4) is 11.5 Å². The molecule has 1 amide bonds. The topological polar surface area (TPSA) is 70.9 Å². The summed E-state index contributed by atoms with van der Waals surface area (Å²) in [7, 11) is 1.49. The van der Waals surface area contributed by atoms with Crippen molar-refractivity contribution in [2.24, 2.45) is 11.0 Å². The Morgan fingerprint density at radius 1 is 1.40 bits per heavy atom. The van der Waals surface area contributed by atoms with Crippen molar-refractivity contribution in [1.29, 1.82) is 0 Å². The molecular weight excluding hydrogens is 256 g/mol. The number of aromatic hydroxyl groups is 1. The monoisotopic (exact) mass is 276 g/mol. The number of phenols is 1. The number of rotatable bonds is 4. The number of hydrogen-bond donors (Lipinski definition) is 2. The number of hydrazone groups is 1. The number of phenolic OH excluding ortho intramolecular Hbond substituents is 1. The lowest BCUT2D eigenvalue weighted by Gasteiger charge is -2.19. The molecule has 108 valence electrons. The van der Waals surface area contributed by atoms with Crippen molar-refractivity contribution in [2.75, 3.05) is 7.11 Å². The van der Waals surface area contributed by atoms with Gasteiger partial charge in [0.1, 0.15) is 0 Å². The van der Waals surface area contributed by atoms with Crippen molar-refractivity contribution in [1.82, 2.24) is 5.43 Å². The van der Waals surface area contributed by atoms with Gasteiger partial charge in [-0.3, -0.25) is 4.79 Å². The third-order valence-electron chi connectivity index (χ3n) is 3.57. The maximum absolute atomic E-state index is 11.9. The second-order valence-corrected chi connectivity index (χ2v) is 5.00. The Morgan fingerprint density at radius 2 is 2.15 bits per heavy atom. The summed E-state index contributed by atoms with van der Waals surface area (Å²) in [6, 6.07) is 4.89. The standard InChI is InChI=1S/C15H20N2O3/c1-20-14-9-11(7-8-13(14)18)10-16-17-15(19)12-5-3-2-4-6-12/h7-10,12,18H,2-6H2,1H3,(H,17,19)/b16-10-. The number of nitrogens with zero attached hydrogens (tertiary/aromatic N) is 1. The van der Waals surface area contributed by atoms with Crippen molar-refractivity contribution in [3.05, 3.63) is 23.8 Å². The van der Waals surface area contributed by atoms with Crippen LogP contribution in [-0.2, 0) is 4.79 Å². The van der Waals surface area contributed by atoms with E-state index in [4.69, 9.17) is 4.74 Å². The minimum absolute atomic E-state index is 0.00769. The highest BCUT2D eigenvalue weighted by molar-refractivity contribution is 5.84. The fraction of sp³-hybridized carbons (Fsp3) is 0.467. The van der Waals surface area contributed by atoms with E-state index >= 15 is 0 Å². The Morgan fingerprint density at radius 3 is 2.85 bits per heavy atom. The molecule has 1 aliphatic rings. The zero-order valence-electron chi connectivity index (χ0n) is 11.6. The van der Waals surface area contributed by atoms with E-state index in [1.165, 1.54) is 19.6 Å². The minimum atomic E-state index is -0.00769. The van der Waals surface area contributed by atoms with E-state index in [2.05, 4.69) is 10.5 Å². The summed E-state index contributed by atoms with van der Waals surface area (Å²) in [5.74, 6) is 0.547. The van der Waals surface area contributed by atoms with Crippen LogP contribution >= 0.6 is 0 Å². The first-order valence-electron chi connectivity index (χ1n) is 6.90. The van der Waals surface area contributed by atoms with E-state index in [0.717, 1.165) is 31.2 Å². The Kier molecular flexibility index (Phi) is 4.98. The number of nitrogens with one attached hydrogen (secondary N) is 1. The molecule has 2 N–H and O–H groups in total. The predicted octanol–water partition coefficient (Wildman–Crippen LogP) is 2.43. The van der Waals surface area contributed by atoms with Gasteiger partial charge >= 0.3 is 0 Å². The fourth-order valence-corrected chi connectivity index (χ4v) is 2.40. The molecule has 20 heavy (non-hydrogen) atoms. The van der Waals surface area contributed by atoms with Crippen molar-refractivity contribution < 1.29 is 14.6 Å². The van der Waals surface area contributed by atoms with Gasteiger partial charge < -0.3 is 9.84 Å². The average Bonchev–Trinajstić information content (AvgIpc) is 2.49. The molecule has 1 fully saturated rings. The SMILES string of the molecule is COc1cc(/C=N\NC(=O)C2CCCCC2)ccc1O. The van der Waals surface area contributed by atoms with E-state index in [1.54, 1.807) is 18.3 Å². The second-order valence-electron chi connectivity index (χ2n) is 5.00. The number of carbonyl (C=O) groups excluding carboxylic acids is 1. The molecule has 1 aromatic carbocycles.